The third-order valence-corrected chi connectivity index (χ3v) is 2.25. The van der Waals surface area contributed by atoms with Crippen LogP contribution in [0.15, 0.2) is 48.5 Å². The summed E-state index contributed by atoms with van der Waals surface area (Å²) in [6.07, 6.45) is 0. The monoisotopic (exact) mass is 241 g/mol. The highest BCUT2D eigenvalue weighted by molar-refractivity contribution is 5.91. The highest BCUT2D eigenvalue weighted by atomic mass is 19.1. The zero-order valence-corrected chi connectivity index (χ0v) is 9.26. The Balaban J connectivity index is 2.14. The van der Waals surface area contributed by atoms with Gasteiger partial charge in [0.2, 0.25) is 0 Å². The summed E-state index contributed by atoms with van der Waals surface area (Å²) >= 11 is 0. The van der Waals surface area contributed by atoms with Gasteiger partial charge in [-0.2, -0.15) is 5.26 Å². The molecule has 0 bridgehead atoms. The summed E-state index contributed by atoms with van der Waals surface area (Å²) in [4.78, 5) is 11.7. The lowest BCUT2D eigenvalue weighted by molar-refractivity contribution is 0.0734. The van der Waals surface area contributed by atoms with Gasteiger partial charge in [0, 0.05) is 0 Å². The van der Waals surface area contributed by atoms with Gasteiger partial charge in [0.25, 0.3) is 0 Å². The maximum atomic E-state index is 12.9. The lowest BCUT2D eigenvalue weighted by Crippen LogP contribution is -2.08. The van der Waals surface area contributed by atoms with E-state index in [1.807, 2.05) is 6.07 Å². The van der Waals surface area contributed by atoms with Crippen LogP contribution in [0.1, 0.15) is 15.9 Å². The number of rotatable bonds is 2. The van der Waals surface area contributed by atoms with Gasteiger partial charge in [-0.25, -0.2) is 9.18 Å². The predicted molar refractivity (Wildman–Crippen MR) is 62.5 cm³/mol. The maximum Gasteiger partial charge on any atom is 0.343 e. The van der Waals surface area contributed by atoms with Crippen LogP contribution >= 0.6 is 0 Å². The highest BCUT2D eigenvalue weighted by Gasteiger charge is 2.09. The molecule has 0 saturated carbocycles. The number of hydrogen-bond acceptors (Lipinski definition) is 3. The second kappa shape index (κ2) is 5.11. The standard InChI is InChI=1S/C14H8FNO2/c15-12-3-1-2-11(8-12)14(17)18-13-6-4-10(9-16)5-7-13/h1-8H. The van der Waals surface area contributed by atoms with Crippen molar-refractivity contribution in [3.05, 3.63) is 65.5 Å². The smallest absolute Gasteiger partial charge is 0.343 e. The molecule has 0 spiro atoms. The molecule has 0 atom stereocenters. The summed E-state index contributed by atoms with van der Waals surface area (Å²) < 4.78 is 18.0. The van der Waals surface area contributed by atoms with E-state index in [1.165, 1.54) is 42.5 Å². The fraction of sp³-hybridized carbons (Fsp3) is 0. The Kier molecular flexibility index (Phi) is 3.35. The second-order valence-corrected chi connectivity index (χ2v) is 3.54. The van der Waals surface area contributed by atoms with E-state index >= 15 is 0 Å². The molecule has 0 aliphatic heterocycles. The van der Waals surface area contributed by atoms with Gasteiger partial charge in [-0.1, -0.05) is 6.07 Å². The van der Waals surface area contributed by atoms with Gasteiger partial charge in [-0.15, -0.1) is 0 Å². The van der Waals surface area contributed by atoms with Crippen LogP contribution in [0.5, 0.6) is 5.75 Å². The number of nitriles is 1. The summed E-state index contributed by atoms with van der Waals surface area (Å²) in [5.41, 5.74) is 0.611. The summed E-state index contributed by atoms with van der Waals surface area (Å²) in [7, 11) is 0. The van der Waals surface area contributed by atoms with Crippen LogP contribution in [-0.4, -0.2) is 5.97 Å². The van der Waals surface area contributed by atoms with Crippen LogP contribution in [0, 0.1) is 17.1 Å². The van der Waals surface area contributed by atoms with Crippen LogP contribution in [-0.2, 0) is 0 Å². The van der Waals surface area contributed by atoms with E-state index in [-0.39, 0.29) is 5.56 Å². The first-order chi connectivity index (χ1) is 8.69. The molecule has 2 aromatic carbocycles. The zero-order valence-electron chi connectivity index (χ0n) is 9.26. The van der Waals surface area contributed by atoms with Crippen molar-refractivity contribution in [2.75, 3.05) is 0 Å². The van der Waals surface area contributed by atoms with E-state index in [2.05, 4.69) is 0 Å². The Morgan fingerprint density at radius 2 is 1.89 bits per heavy atom. The zero-order chi connectivity index (χ0) is 13.0. The molecule has 2 aromatic rings. The van der Waals surface area contributed by atoms with Gasteiger partial charge in [0.1, 0.15) is 11.6 Å². The van der Waals surface area contributed by atoms with Crippen molar-refractivity contribution in [2.24, 2.45) is 0 Å². The van der Waals surface area contributed by atoms with Crippen LogP contribution in [0.3, 0.4) is 0 Å². The van der Waals surface area contributed by atoms with E-state index in [0.717, 1.165) is 6.07 Å². The second-order valence-electron chi connectivity index (χ2n) is 3.54. The number of nitrogens with zero attached hydrogens (tertiary/aromatic N) is 1. The van der Waals surface area contributed by atoms with Crippen molar-refractivity contribution in [3.8, 4) is 11.8 Å². The third kappa shape index (κ3) is 2.71. The number of hydrogen-bond donors (Lipinski definition) is 0. The molecule has 4 heteroatoms. The van der Waals surface area contributed by atoms with Crippen molar-refractivity contribution in [1.29, 1.82) is 5.26 Å². The molecule has 0 aliphatic rings. The Morgan fingerprint density at radius 1 is 1.17 bits per heavy atom. The average molecular weight is 241 g/mol. The normalized spacial score (nSPS) is 9.56. The number of ether oxygens (including phenoxy) is 1. The fourth-order valence-corrected chi connectivity index (χ4v) is 1.38. The van der Waals surface area contributed by atoms with Gasteiger partial charge in [0.15, 0.2) is 0 Å². The molecule has 0 aromatic heterocycles. The van der Waals surface area contributed by atoms with Crippen LogP contribution in [0.2, 0.25) is 0 Å². The Morgan fingerprint density at radius 3 is 2.50 bits per heavy atom. The molecule has 0 aliphatic carbocycles. The summed E-state index contributed by atoms with van der Waals surface area (Å²) in [5, 5.41) is 8.62. The van der Waals surface area contributed by atoms with Gasteiger partial charge >= 0.3 is 5.97 Å². The molecule has 0 N–H and O–H groups in total. The van der Waals surface area contributed by atoms with Crippen molar-refractivity contribution in [1.82, 2.24) is 0 Å². The summed E-state index contributed by atoms with van der Waals surface area (Å²) in [6, 6.07) is 13.3. The Labute approximate surface area is 103 Å². The van der Waals surface area contributed by atoms with E-state index < -0.39 is 11.8 Å². The van der Waals surface area contributed by atoms with Crippen LogP contribution in [0.4, 0.5) is 4.39 Å². The van der Waals surface area contributed by atoms with E-state index in [9.17, 15) is 9.18 Å². The van der Waals surface area contributed by atoms with Crippen molar-refractivity contribution < 1.29 is 13.9 Å². The number of carbonyl (C=O) groups is 1. The van der Waals surface area contributed by atoms with Gasteiger partial charge in [-0.05, 0) is 42.5 Å². The number of halogens is 1. The minimum Gasteiger partial charge on any atom is -0.423 e. The van der Waals surface area contributed by atoms with Gasteiger partial charge in [-0.3, -0.25) is 0 Å². The number of carbonyl (C=O) groups excluding carboxylic acids is 1. The van der Waals surface area contributed by atoms with Crippen molar-refractivity contribution in [3.63, 3.8) is 0 Å². The molecule has 0 saturated heterocycles. The quantitative estimate of drug-likeness (QED) is 0.600. The SMILES string of the molecule is N#Cc1ccc(OC(=O)c2cccc(F)c2)cc1. The largest absolute Gasteiger partial charge is 0.423 e. The molecule has 88 valence electrons. The molecule has 2 rings (SSSR count). The Bertz CT molecular complexity index is 614. The lowest BCUT2D eigenvalue weighted by atomic mass is 10.2. The molecule has 0 radical (unpaired) electrons. The van der Waals surface area contributed by atoms with Crippen LogP contribution in [0.25, 0.3) is 0 Å². The first-order valence-electron chi connectivity index (χ1n) is 5.17. The minimum absolute atomic E-state index is 0.138. The molecular weight excluding hydrogens is 233 g/mol. The molecule has 0 fully saturated rings. The maximum absolute atomic E-state index is 12.9. The molecule has 0 amide bonds. The predicted octanol–water partition coefficient (Wildman–Crippen LogP) is 2.92. The molecule has 3 nitrogen and oxygen atoms in total. The number of benzene rings is 2. The van der Waals surface area contributed by atoms with E-state index in [4.69, 9.17) is 10.00 Å². The van der Waals surface area contributed by atoms with Gasteiger partial charge < -0.3 is 4.74 Å². The van der Waals surface area contributed by atoms with Crippen LogP contribution < -0.4 is 4.74 Å². The highest BCUT2D eigenvalue weighted by Crippen LogP contribution is 2.14. The van der Waals surface area contributed by atoms with Gasteiger partial charge in [0.05, 0.1) is 17.2 Å². The average Bonchev–Trinajstić information content (AvgIpc) is 2.39. The van der Waals surface area contributed by atoms with E-state index in [1.54, 1.807) is 0 Å². The van der Waals surface area contributed by atoms with Crippen molar-refractivity contribution >= 4 is 5.97 Å². The number of esters is 1. The van der Waals surface area contributed by atoms with Crippen molar-refractivity contribution in [2.45, 2.75) is 0 Å². The first-order valence-corrected chi connectivity index (χ1v) is 5.17. The topological polar surface area (TPSA) is 50.1 Å². The third-order valence-electron chi connectivity index (χ3n) is 2.25. The Hall–Kier alpha value is -2.67. The fourth-order valence-electron chi connectivity index (χ4n) is 1.38. The summed E-state index contributed by atoms with van der Waals surface area (Å²) in [5.74, 6) is -0.827. The molecule has 0 heterocycles. The molecule has 0 unspecified atom stereocenters. The molecule has 18 heavy (non-hydrogen) atoms. The lowest BCUT2D eigenvalue weighted by Gasteiger charge is -2.04. The van der Waals surface area contributed by atoms with E-state index in [0.29, 0.717) is 11.3 Å². The summed E-state index contributed by atoms with van der Waals surface area (Å²) in [6.45, 7) is 0. The molecular formula is C14H8FNO2. The first kappa shape index (κ1) is 11.8. The minimum atomic E-state index is -0.640.